The van der Waals surface area contributed by atoms with Crippen molar-refractivity contribution < 1.29 is 9.21 Å². The maximum atomic E-state index is 11.4. The molecule has 0 radical (unpaired) electrons. The molecule has 1 amide bonds. The summed E-state index contributed by atoms with van der Waals surface area (Å²) in [5.74, 6) is 5.76. The van der Waals surface area contributed by atoms with Gasteiger partial charge in [-0.05, 0) is 38.9 Å². The van der Waals surface area contributed by atoms with Crippen LogP contribution in [-0.2, 0) is 6.54 Å². The molecule has 0 saturated heterocycles. The van der Waals surface area contributed by atoms with Crippen LogP contribution < -0.4 is 11.3 Å². The first kappa shape index (κ1) is 14.7. The second-order valence-corrected chi connectivity index (χ2v) is 4.44. The van der Waals surface area contributed by atoms with Crippen molar-refractivity contribution in [3.8, 4) is 0 Å². The number of hydrazine groups is 1. The molecule has 1 heterocycles. The monoisotopic (exact) mass is 253 g/mol. The molecule has 1 aromatic heterocycles. The second-order valence-electron chi connectivity index (χ2n) is 4.44. The largest absolute Gasteiger partial charge is 0.456 e. The zero-order chi connectivity index (χ0) is 13.5. The van der Waals surface area contributed by atoms with Gasteiger partial charge in [0.2, 0.25) is 0 Å². The van der Waals surface area contributed by atoms with Crippen molar-refractivity contribution in [2.45, 2.75) is 40.2 Å². The zero-order valence-electron chi connectivity index (χ0n) is 11.5. The van der Waals surface area contributed by atoms with Gasteiger partial charge < -0.3 is 4.42 Å². The van der Waals surface area contributed by atoms with Crippen LogP contribution in [0.2, 0.25) is 0 Å². The Morgan fingerprint density at radius 1 is 1.39 bits per heavy atom. The summed E-state index contributed by atoms with van der Waals surface area (Å²) in [7, 11) is 0. The molecular weight excluding hydrogens is 230 g/mol. The van der Waals surface area contributed by atoms with Crippen molar-refractivity contribution in [2.75, 3.05) is 13.1 Å². The van der Waals surface area contributed by atoms with Gasteiger partial charge in [0.05, 0.1) is 0 Å². The molecule has 0 aliphatic heterocycles. The topological polar surface area (TPSA) is 71.5 Å². The van der Waals surface area contributed by atoms with Crippen LogP contribution in [0.15, 0.2) is 10.5 Å². The Morgan fingerprint density at radius 2 is 2.00 bits per heavy atom. The quantitative estimate of drug-likeness (QED) is 0.441. The average Bonchev–Trinajstić information content (AvgIpc) is 2.71. The molecule has 3 N–H and O–H groups in total. The van der Waals surface area contributed by atoms with Crippen LogP contribution in [0.25, 0.3) is 0 Å². The molecule has 0 aromatic carbocycles. The van der Waals surface area contributed by atoms with E-state index in [2.05, 4.69) is 24.2 Å². The molecule has 1 aromatic rings. The highest BCUT2D eigenvalue weighted by molar-refractivity contribution is 5.91. The third-order valence-electron chi connectivity index (χ3n) is 2.85. The highest BCUT2D eigenvalue weighted by Crippen LogP contribution is 2.17. The van der Waals surface area contributed by atoms with Gasteiger partial charge in [-0.3, -0.25) is 15.1 Å². The van der Waals surface area contributed by atoms with Crippen molar-refractivity contribution in [2.24, 2.45) is 5.84 Å². The number of hydrogen-bond donors (Lipinski definition) is 2. The summed E-state index contributed by atoms with van der Waals surface area (Å²) in [6, 6.07) is 1.77. The molecule has 102 valence electrons. The molecule has 1 rings (SSSR count). The lowest BCUT2D eigenvalue weighted by Crippen LogP contribution is -2.29. The van der Waals surface area contributed by atoms with Crippen LogP contribution in [-0.4, -0.2) is 23.9 Å². The van der Waals surface area contributed by atoms with Crippen LogP contribution in [0.3, 0.4) is 0 Å². The van der Waals surface area contributed by atoms with Gasteiger partial charge in [0.15, 0.2) is 5.76 Å². The van der Waals surface area contributed by atoms with Gasteiger partial charge in [0, 0.05) is 12.1 Å². The Hall–Kier alpha value is -1.33. The second kappa shape index (κ2) is 7.18. The minimum Gasteiger partial charge on any atom is -0.456 e. The van der Waals surface area contributed by atoms with E-state index < -0.39 is 0 Å². The van der Waals surface area contributed by atoms with E-state index in [0.29, 0.717) is 0 Å². The Balaban J connectivity index is 2.76. The molecule has 0 saturated carbocycles. The van der Waals surface area contributed by atoms with Gasteiger partial charge in [-0.25, -0.2) is 5.84 Å². The Morgan fingerprint density at radius 3 is 2.50 bits per heavy atom. The zero-order valence-corrected chi connectivity index (χ0v) is 11.5. The summed E-state index contributed by atoms with van der Waals surface area (Å²) in [6.07, 6.45) is 2.24. The fraction of sp³-hybridized carbons (Fsp3) is 0.615. The number of furan rings is 1. The number of hydrogen-bond acceptors (Lipinski definition) is 4. The number of nitrogen functional groups attached to an aromatic ring is 1. The number of carbonyl (C=O) groups excluding carboxylic acids is 1. The maximum absolute atomic E-state index is 11.4. The third kappa shape index (κ3) is 3.85. The van der Waals surface area contributed by atoms with E-state index in [0.717, 1.165) is 43.8 Å². The first-order valence-corrected chi connectivity index (χ1v) is 6.44. The standard InChI is InChI=1S/C13H23N3O2/c1-4-6-16(7-5-2)9-11-8-12(13(17)15-14)18-10(11)3/h8H,4-7,9,14H2,1-3H3,(H,15,17). The van der Waals surface area contributed by atoms with Gasteiger partial charge in [-0.15, -0.1) is 0 Å². The normalized spacial score (nSPS) is 10.9. The van der Waals surface area contributed by atoms with Gasteiger partial charge in [-0.2, -0.15) is 0 Å². The first-order valence-electron chi connectivity index (χ1n) is 6.44. The summed E-state index contributed by atoms with van der Waals surface area (Å²) in [6.45, 7) is 9.12. The number of carbonyl (C=O) groups is 1. The summed E-state index contributed by atoms with van der Waals surface area (Å²) in [4.78, 5) is 13.7. The minimum atomic E-state index is -0.387. The predicted octanol–water partition coefficient (Wildman–Crippen LogP) is 1.81. The molecule has 0 unspecified atom stereocenters. The van der Waals surface area contributed by atoms with Crippen molar-refractivity contribution in [1.29, 1.82) is 0 Å². The van der Waals surface area contributed by atoms with Crippen LogP contribution in [0.5, 0.6) is 0 Å². The fourth-order valence-corrected chi connectivity index (χ4v) is 2.00. The van der Waals surface area contributed by atoms with Crippen molar-refractivity contribution >= 4 is 5.91 Å². The summed E-state index contributed by atoms with van der Waals surface area (Å²) in [5.41, 5.74) is 3.13. The number of nitrogens with two attached hydrogens (primary N) is 1. The molecule has 0 spiro atoms. The molecular formula is C13H23N3O2. The van der Waals surface area contributed by atoms with Crippen LogP contribution >= 0.6 is 0 Å². The molecule has 0 fully saturated rings. The van der Waals surface area contributed by atoms with E-state index in [1.807, 2.05) is 6.92 Å². The summed E-state index contributed by atoms with van der Waals surface area (Å²) in [5, 5.41) is 0. The Bertz CT molecular complexity index is 382. The number of aryl methyl sites for hydroxylation is 1. The Labute approximate surface area is 108 Å². The van der Waals surface area contributed by atoms with Crippen LogP contribution in [0.1, 0.15) is 48.6 Å². The van der Waals surface area contributed by atoms with Crippen LogP contribution in [0.4, 0.5) is 0 Å². The smallest absolute Gasteiger partial charge is 0.300 e. The van der Waals surface area contributed by atoms with Gasteiger partial charge in [0.25, 0.3) is 0 Å². The van der Waals surface area contributed by atoms with E-state index in [4.69, 9.17) is 10.3 Å². The van der Waals surface area contributed by atoms with Crippen molar-refractivity contribution in [3.63, 3.8) is 0 Å². The molecule has 18 heavy (non-hydrogen) atoms. The average molecular weight is 253 g/mol. The molecule has 0 aliphatic rings. The van der Waals surface area contributed by atoms with E-state index >= 15 is 0 Å². The highest BCUT2D eigenvalue weighted by atomic mass is 16.4. The fourth-order valence-electron chi connectivity index (χ4n) is 2.00. The summed E-state index contributed by atoms with van der Waals surface area (Å²) < 4.78 is 5.41. The van der Waals surface area contributed by atoms with Crippen molar-refractivity contribution in [3.05, 3.63) is 23.2 Å². The molecule has 5 heteroatoms. The van der Waals surface area contributed by atoms with E-state index in [1.54, 1.807) is 6.07 Å². The third-order valence-corrected chi connectivity index (χ3v) is 2.85. The van der Waals surface area contributed by atoms with Crippen molar-refractivity contribution in [1.82, 2.24) is 10.3 Å². The van der Waals surface area contributed by atoms with Gasteiger partial charge >= 0.3 is 5.91 Å². The van der Waals surface area contributed by atoms with E-state index in [1.165, 1.54) is 0 Å². The number of nitrogens with zero attached hydrogens (tertiary/aromatic N) is 1. The van der Waals surface area contributed by atoms with Gasteiger partial charge in [-0.1, -0.05) is 13.8 Å². The number of amides is 1. The number of nitrogens with one attached hydrogen (secondary N) is 1. The van der Waals surface area contributed by atoms with Crippen LogP contribution in [0, 0.1) is 6.92 Å². The molecule has 0 aliphatic carbocycles. The lowest BCUT2D eigenvalue weighted by Gasteiger charge is -2.20. The lowest BCUT2D eigenvalue weighted by molar-refractivity contribution is 0.0924. The molecule has 0 bridgehead atoms. The minimum absolute atomic E-state index is 0.276. The maximum Gasteiger partial charge on any atom is 0.300 e. The van der Waals surface area contributed by atoms with E-state index in [-0.39, 0.29) is 11.7 Å². The first-order chi connectivity index (χ1) is 8.62. The lowest BCUT2D eigenvalue weighted by atomic mass is 10.2. The number of rotatable bonds is 7. The molecule has 0 atom stereocenters. The summed E-state index contributed by atoms with van der Waals surface area (Å²) >= 11 is 0. The SMILES string of the molecule is CCCN(CCC)Cc1cc(C(=O)NN)oc1C. The highest BCUT2D eigenvalue weighted by Gasteiger charge is 2.15. The van der Waals surface area contributed by atoms with E-state index in [9.17, 15) is 4.79 Å². The van der Waals surface area contributed by atoms with Gasteiger partial charge in [0.1, 0.15) is 5.76 Å². The molecule has 5 nitrogen and oxygen atoms in total. The predicted molar refractivity (Wildman–Crippen MR) is 71.0 cm³/mol. The Kier molecular flexibility index (Phi) is 5.88.